The molecular weight excluding hydrogens is 280 g/mol. The van der Waals surface area contributed by atoms with Crippen molar-refractivity contribution in [2.75, 3.05) is 0 Å². The molecule has 0 unspecified atom stereocenters. The number of carboxylic acids is 1. The second-order valence-electron chi connectivity index (χ2n) is 4.40. The molecule has 0 spiro atoms. The molecule has 5 heteroatoms. The van der Waals surface area contributed by atoms with Gasteiger partial charge in [-0.2, -0.15) is 0 Å². The van der Waals surface area contributed by atoms with Crippen molar-refractivity contribution in [1.82, 2.24) is 0 Å². The van der Waals surface area contributed by atoms with E-state index in [0.717, 1.165) is 5.56 Å². The number of ether oxygens (including phenoxy) is 1. The summed E-state index contributed by atoms with van der Waals surface area (Å²) in [4.78, 5) is 10.8. The molecule has 0 bridgehead atoms. The molecule has 2 aromatic carbocycles. The minimum Gasteiger partial charge on any atom is -0.508 e. The average Bonchev–Trinajstić information content (AvgIpc) is 2.35. The molecule has 2 N–H and O–H groups in total. The van der Waals surface area contributed by atoms with Gasteiger partial charge in [0.2, 0.25) is 0 Å². The standard InChI is InChI=1S/C15H13ClO4/c1-9-2-5-13(12(16)6-9)20-14-8-11(17)4-3-10(14)7-15(18)19/h2-6,8,17H,7H2,1H3,(H,18,19). The Balaban J connectivity index is 2.36. The summed E-state index contributed by atoms with van der Waals surface area (Å²) in [6, 6.07) is 9.58. The number of hydrogen-bond donors (Lipinski definition) is 2. The number of aromatic hydroxyl groups is 1. The van der Waals surface area contributed by atoms with Crippen LogP contribution in [0.25, 0.3) is 0 Å². The van der Waals surface area contributed by atoms with Gasteiger partial charge in [0.25, 0.3) is 0 Å². The summed E-state index contributed by atoms with van der Waals surface area (Å²) in [5, 5.41) is 18.8. The van der Waals surface area contributed by atoms with Crippen LogP contribution in [0.1, 0.15) is 11.1 Å². The summed E-state index contributed by atoms with van der Waals surface area (Å²) >= 11 is 6.07. The largest absolute Gasteiger partial charge is 0.508 e. The smallest absolute Gasteiger partial charge is 0.307 e. The Kier molecular flexibility index (Phi) is 4.15. The van der Waals surface area contributed by atoms with Gasteiger partial charge >= 0.3 is 5.97 Å². The van der Waals surface area contributed by atoms with Crippen LogP contribution in [0, 0.1) is 6.92 Å². The molecule has 2 rings (SSSR count). The third-order valence-electron chi connectivity index (χ3n) is 2.70. The first kappa shape index (κ1) is 14.2. The molecule has 20 heavy (non-hydrogen) atoms. The third kappa shape index (κ3) is 3.42. The Morgan fingerprint density at radius 1 is 1.20 bits per heavy atom. The van der Waals surface area contributed by atoms with Crippen molar-refractivity contribution in [3.8, 4) is 17.2 Å². The zero-order valence-electron chi connectivity index (χ0n) is 10.8. The van der Waals surface area contributed by atoms with Gasteiger partial charge in [-0.25, -0.2) is 0 Å². The molecule has 0 aliphatic rings. The van der Waals surface area contributed by atoms with Crippen LogP contribution >= 0.6 is 11.6 Å². The predicted octanol–water partition coefficient (Wildman–Crippen LogP) is 3.77. The molecule has 2 aromatic rings. The van der Waals surface area contributed by atoms with E-state index in [2.05, 4.69) is 0 Å². The van der Waals surface area contributed by atoms with E-state index in [9.17, 15) is 9.90 Å². The summed E-state index contributed by atoms with van der Waals surface area (Å²) < 4.78 is 5.62. The van der Waals surface area contributed by atoms with Crippen molar-refractivity contribution in [3.05, 3.63) is 52.5 Å². The molecule has 0 fully saturated rings. The number of phenols is 1. The minimum atomic E-state index is -0.976. The molecule has 104 valence electrons. The van der Waals surface area contributed by atoms with Gasteiger partial charge in [-0.05, 0) is 30.7 Å². The SMILES string of the molecule is Cc1ccc(Oc2cc(O)ccc2CC(=O)O)c(Cl)c1. The Hall–Kier alpha value is -2.20. The highest BCUT2D eigenvalue weighted by atomic mass is 35.5. The maximum Gasteiger partial charge on any atom is 0.307 e. The summed E-state index contributed by atoms with van der Waals surface area (Å²) in [7, 11) is 0. The van der Waals surface area contributed by atoms with Crippen LogP contribution in [0.15, 0.2) is 36.4 Å². The molecule has 0 amide bonds. The lowest BCUT2D eigenvalue weighted by Gasteiger charge is -2.12. The van der Waals surface area contributed by atoms with E-state index >= 15 is 0 Å². The zero-order chi connectivity index (χ0) is 14.7. The van der Waals surface area contributed by atoms with Gasteiger partial charge in [-0.3, -0.25) is 4.79 Å². The molecule has 4 nitrogen and oxygen atoms in total. The summed E-state index contributed by atoms with van der Waals surface area (Å²) in [5.41, 5.74) is 1.45. The topological polar surface area (TPSA) is 66.8 Å². The van der Waals surface area contributed by atoms with Crippen molar-refractivity contribution >= 4 is 17.6 Å². The normalized spacial score (nSPS) is 10.3. The highest BCUT2D eigenvalue weighted by Crippen LogP contribution is 2.33. The van der Waals surface area contributed by atoms with Crippen LogP contribution in [0.4, 0.5) is 0 Å². The van der Waals surface area contributed by atoms with Crippen molar-refractivity contribution in [2.24, 2.45) is 0 Å². The van der Waals surface area contributed by atoms with E-state index in [1.165, 1.54) is 18.2 Å². The van der Waals surface area contributed by atoms with Gasteiger partial charge in [0.05, 0.1) is 11.4 Å². The van der Waals surface area contributed by atoms with E-state index in [1.54, 1.807) is 12.1 Å². The second-order valence-corrected chi connectivity index (χ2v) is 4.81. The van der Waals surface area contributed by atoms with E-state index in [-0.39, 0.29) is 17.9 Å². The molecular formula is C15H13ClO4. The van der Waals surface area contributed by atoms with Crippen molar-refractivity contribution in [1.29, 1.82) is 0 Å². The first-order valence-corrected chi connectivity index (χ1v) is 6.31. The van der Waals surface area contributed by atoms with Gasteiger partial charge in [-0.1, -0.05) is 23.7 Å². The van der Waals surface area contributed by atoms with Crippen molar-refractivity contribution in [2.45, 2.75) is 13.3 Å². The van der Waals surface area contributed by atoms with Crippen LogP contribution in [0.2, 0.25) is 5.02 Å². The number of phenolic OH excluding ortho intramolecular Hbond substituents is 1. The molecule has 0 saturated carbocycles. The van der Waals surface area contributed by atoms with Gasteiger partial charge in [-0.15, -0.1) is 0 Å². The Bertz CT molecular complexity index is 652. The fourth-order valence-electron chi connectivity index (χ4n) is 1.75. The van der Waals surface area contributed by atoms with Crippen LogP contribution < -0.4 is 4.74 Å². The zero-order valence-corrected chi connectivity index (χ0v) is 11.5. The van der Waals surface area contributed by atoms with E-state index in [4.69, 9.17) is 21.4 Å². The lowest BCUT2D eigenvalue weighted by atomic mass is 10.1. The second kappa shape index (κ2) is 5.84. The number of carboxylic acid groups (broad SMARTS) is 1. The monoisotopic (exact) mass is 292 g/mol. The maximum atomic E-state index is 10.8. The van der Waals surface area contributed by atoms with Gasteiger partial charge in [0, 0.05) is 11.6 Å². The molecule has 0 atom stereocenters. The Morgan fingerprint density at radius 2 is 1.95 bits per heavy atom. The lowest BCUT2D eigenvalue weighted by molar-refractivity contribution is -0.136. The van der Waals surface area contributed by atoms with Gasteiger partial charge in [0.15, 0.2) is 0 Å². The van der Waals surface area contributed by atoms with Gasteiger partial charge in [0.1, 0.15) is 17.2 Å². The molecule has 0 aliphatic heterocycles. The van der Waals surface area contributed by atoms with Crippen LogP contribution in [-0.4, -0.2) is 16.2 Å². The van der Waals surface area contributed by atoms with E-state index in [0.29, 0.717) is 16.3 Å². The first-order valence-electron chi connectivity index (χ1n) is 5.93. The van der Waals surface area contributed by atoms with Crippen molar-refractivity contribution < 1.29 is 19.7 Å². The molecule has 0 aromatic heterocycles. The fraction of sp³-hybridized carbons (Fsp3) is 0.133. The highest BCUT2D eigenvalue weighted by molar-refractivity contribution is 6.32. The number of carbonyl (C=O) groups is 1. The highest BCUT2D eigenvalue weighted by Gasteiger charge is 2.11. The number of benzene rings is 2. The number of aryl methyl sites for hydroxylation is 1. The average molecular weight is 293 g/mol. The molecule has 0 radical (unpaired) electrons. The maximum absolute atomic E-state index is 10.8. The number of hydrogen-bond acceptors (Lipinski definition) is 3. The number of rotatable bonds is 4. The quantitative estimate of drug-likeness (QED) is 0.900. The lowest BCUT2D eigenvalue weighted by Crippen LogP contribution is -2.02. The van der Waals surface area contributed by atoms with Crippen LogP contribution in [-0.2, 0) is 11.2 Å². The minimum absolute atomic E-state index is 0.00243. The summed E-state index contributed by atoms with van der Waals surface area (Å²) in [6.07, 6.45) is -0.195. The van der Waals surface area contributed by atoms with E-state index in [1.807, 2.05) is 13.0 Å². The van der Waals surface area contributed by atoms with Crippen LogP contribution in [0.5, 0.6) is 17.2 Å². The van der Waals surface area contributed by atoms with Crippen LogP contribution in [0.3, 0.4) is 0 Å². The summed E-state index contributed by atoms with van der Waals surface area (Å²) in [6.45, 7) is 1.90. The Morgan fingerprint density at radius 3 is 2.60 bits per heavy atom. The van der Waals surface area contributed by atoms with E-state index < -0.39 is 5.97 Å². The molecule has 0 aliphatic carbocycles. The fourth-order valence-corrected chi connectivity index (χ4v) is 2.03. The summed E-state index contributed by atoms with van der Waals surface area (Å²) in [5.74, 6) is -0.291. The molecule has 0 saturated heterocycles. The van der Waals surface area contributed by atoms with Gasteiger partial charge < -0.3 is 14.9 Å². The number of halogens is 1. The Labute approximate surface area is 121 Å². The third-order valence-corrected chi connectivity index (χ3v) is 3.00. The molecule has 0 heterocycles. The first-order chi connectivity index (χ1) is 9.45. The predicted molar refractivity (Wildman–Crippen MR) is 75.7 cm³/mol. The van der Waals surface area contributed by atoms with Crippen molar-refractivity contribution in [3.63, 3.8) is 0 Å². The number of aliphatic carboxylic acids is 1.